The summed E-state index contributed by atoms with van der Waals surface area (Å²) in [7, 11) is 0. The number of ketones is 2. The summed E-state index contributed by atoms with van der Waals surface area (Å²) in [5.74, 6) is 0.191. The first-order valence-corrected chi connectivity index (χ1v) is 11.7. The van der Waals surface area contributed by atoms with E-state index in [0.717, 1.165) is 35.9 Å². The number of carbonyl (C=O) groups is 2. The van der Waals surface area contributed by atoms with Crippen LogP contribution in [-0.2, 0) is 0 Å². The van der Waals surface area contributed by atoms with Gasteiger partial charge in [0, 0.05) is 30.8 Å². The average molecular weight is 481 g/mol. The molecule has 0 N–H and O–H groups in total. The van der Waals surface area contributed by atoms with Gasteiger partial charge in [0.1, 0.15) is 11.3 Å². The molecule has 0 saturated heterocycles. The lowest BCUT2D eigenvalue weighted by molar-refractivity contribution is 0.0990. The summed E-state index contributed by atoms with van der Waals surface area (Å²) >= 11 is 15.2. The highest BCUT2D eigenvalue weighted by Gasteiger charge is 2.34. The lowest BCUT2D eigenvalue weighted by atomic mass is 10.1. The van der Waals surface area contributed by atoms with Crippen molar-refractivity contribution < 1.29 is 14.0 Å². The molecule has 0 fully saturated rings. The predicted molar refractivity (Wildman–Crippen MR) is 128 cm³/mol. The number of carbonyl (C=O) groups excluding carboxylic acids is 2. The Bertz CT molecular complexity index is 1490. The SMILES string of the molecule is O=C1C(=Cc2cc3sc(-c4cc5ccccc5o4)cc3s2)C(=O)c2cc(Cl)c(Cl)cc21. The Morgan fingerprint density at radius 1 is 0.806 bits per heavy atom. The van der Waals surface area contributed by atoms with Crippen molar-refractivity contribution in [2.75, 3.05) is 0 Å². The van der Waals surface area contributed by atoms with E-state index in [4.69, 9.17) is 27.6 Å². The molecule has 1 aliphatic carbocycles. The van der Waals surface area contributed by atoms with E-state index in [0.29, 0.717) is 11.1 Å². The first kappa shape index (κ1) is 19.0. The maximum atomic E-state index is 12.8. The molecule has 0 aliphatic heterocycles. The second-order valence-corrected chi connectivity index (χ2v) is 10.2. The zero-order valence-corrected chi connectivity index (χ0v) is 18.7. The van der Waals surface area contributed by atoms with Crippen molar-refractivity contribution in [1.82, 2.24) is 0 Å². The fourth-order valence-electron chi connectivity index (χ4n) is 3.74. The van der Waals surface area contributed by atoms with Crippen molar-refractivity contribution in [2.45, 2.75) is 0 Å². The van der Waals surface area contributed by atoms with Gasteiger partial charge in [0.05, 0.1) is 20.5 Å². The predicted octanol–water partition coefficient (Wildman–Crippen LogP) is 8.15. The number of rotatable bonds is 2. The Labute approximate surface area is 194 Å². The van der Waals surface area contributed by atoms with Gasteiger partial charge in [0.2, 0.25) is 0 Å². The summed E-state index contributed by atoms with van der Waals surface area (Å²) in [5.41, 5.74) is 1.60. The highest BCUT2D eigenvalue weighted by Crippen LogP contribution is 2.41. The van der Waals surface area contributed by atoms with E-state index in [9.17, 15) is 9.59 Å². The van der Waals surface area contributed by atoms with E-state index in [1.54, 1.807) is 17.4 Å². The van der Waals surface area contributed by atoms with E-state index >= 15 is 0 Å². The van der Waals surface area contributed by atoms with Gasteiger partial charge in [-0.15, -0.1) is 22.7 Å². The largest absolute Gasteiger partial charge is 0.455 e. The lowest BCUT2D eigenvalue weighted by Crippen LogP contribution is -1.99. The maximum absolute atomic E-state index is 12.8. The average Bonchev–Trinajstić information content (AvgIpc) is 3.48. The lowest BCUT2D eigenvalue weighted by Gasteiger charge is -1.98. The molecule has 0 saturated carbocycles. The molecule has 3 nitrogen and oxygen atoms in total. The molecule has 2 aromatic carbocycles. The summed E-state index contributed by atoms with van der Waals surface area (Å²) in [5, 5.41) is 1.59. The molecule has 5 aromatic rings. The van der Waals surface area contributed by atoms with Crippen molar-refractivity contribution >= 4 is 83.9 Å². The van der Waals surface area contributed by atoms with Crippen LogP contribution in [0.5, 0.6) is 0 Å². The fourth-order valence-corrected chi connectivity index (χ4v) is 6.37. The third-order valence-corrected chi connectivity index (χ3v) is 8.20. The van der Waals surface area contributed by atoms with Crippen LogP contribution >= 0.6 is 45.9 Å². The van der Waals surface area contributed by atoms with Gasteiger partial charge in [-0.1, -0.05) is 41.4 Å². The van der Waals surface area contributed by atoms with E-state index in [2.05, 4.69) is 6.07 Å². The summed E-state index contributed by atoms with van der Waals surface area (Å²) in [4.78, 5) is 27.4. The van der Waals surface area contributed by atoms with Crippen LogP contribution in [0.25, 0.3) is 37.1 Å². The summed E-state index contributed by atoms with van der Waals surface area (Å²) in [6.45, 7) is 0. The van der Waals surface area contributed by atoms with Crippen LogP contribution in [0, 0.1) is 0 Å². The van der Waals surface area contributed by atoms with E-state index < -0.39 is 0 Å². The number of thiophene rings is 2. The van der Waals surface area contributed by atoms with Crippen LogP contribution in [0.1, 0.15) is 25.6 Å². The van der Waals surface area contributed by atoms with Gasteiger partial charge >= 0.3 is 0 Å². The Morgan fingerprint density at radius 3 is 2.16 bits per heavy atom. The number of hydrogen-bond acceptors (Lipinski definition) is 5. The van der Waals surface area contributed by atoms with Crippen LogP contribution in [0.4, 0.5) is 0 Å². The molecular weight excluding hydrogens is 471 g/mol. The minimum atomic E-state index is -0.321. The van der Waals surface area contributed by atoms with E-state index in [1.165, 1.54) is 23.5 Å². The number of benzene rings is 2. The van der Waals surface area contributed by atoms with Crippen LogP contribution in [-0.4, -0.2) is 11.6 Å². The summed E-state index contributed by atoms with van der Waals surface area (Å²) in [6, 6.07) is 17.0. The fraction of sp³-hybridized carbons (Fsp3) is 0. The topological polar surface area (TPSA) is 47.3 Å². The summed E-state index contributed by atoms with van der Waals surface area (Å²) in [6.07, 6.45) is 1.66. The zero-order chi connectivity index (χ0) is 21.3. The Balaban J connectivity index is 1.37. The van der Waals surface area contributed by atoms with Crippen LogP contribution in [0.3, 0.4) is 0 Å². The van der Waals surface area contributed by atoms with E-state index in [1.807, 2.05) is 36.4 Å². The molecule has 6 rings (SSSR count). The van der Waals surface area contributed by atoms with Crippen molar-refractivity contribution in [2.24, 2.45) is 0 Å². The maximum Gasteiger partial charge on any atom is 0.197 e. The van der Waals surface area contributed by atoms with Crippen molar-refractivity contribution in [3.63, 3.8) is 0 Å². The molecular formula is C24H10Cl2O3S2. The minimum Gasteiger partial charge on any atom is -0.455 e. The third-order valence-electron chi connectivity index (χ3n) is 5.22. The normalized spacial score (nSPS) is 13.5. The van der Waals surface area contributed by atoms with Gasteiger partial charge in [0.25, 0.3) is 0 Å². The number of Topliss-reactive ketones (excluding diaryl/α,β-unsaturated/α-hetero) is 2. The molecule has 0 radical (unpaired) electrons. The molecule has 0 unspecified atom stereocenters. The van der Waals surface area contributed by atoms with Crippen molar-refractivity contribution in [1.29, 1.82) is 0 Å². The number of halogens is 2. The monoisotopic (exact) mass is 480 g/mol. The van der Waals surface area contributed by atoms with Gasteiger partial charge in [-0.3, -0.25) is 9.59 Å². The number of furan rings is 1. The van der Waals surface area contributed by atoms with Crippen LogP contribution in [0.2, 0.25) is 10.0 Å². The number of allylic oxidation sites excluding steroid dienone is 1. The van der Waals surface area contributed by atoms with Gasteiger partial charge in [-0.25, -0.2) is 0 Å². The molecule has 0 amide bonds. The second kappa shape index (κ2) is 6.90. The highest BCUT2D eigenvalue weighted by molar-refractivity contribution is 7.29. The van der Waals surface area contributed by atoms with Crippen LogP contribution in [0.15, 0.2) is 64.6 Å². The molecule has 31 heavy (non-hydrogen) atoms. The summed E-state index contributed by atoms with van der Waals surface area (Å²) < 4.78 is 8.12. The molecule has 3 aromatic heterocycles. The molecule has 150 valence electrons. The molecule has 3 heterocycles. The Hall–Kier alpha value is -2.70. The van der Waals surface area contributed by atoms with Crippen LogP contribution < -0.4 is 0 Å². The molecule has 0 spiro atoms. The Morgan fingerprint density at radius 2 is 1.48 bits per heavy atom. The van der Waals surface area contributed by atoms with Gasteiger partial charge in [-0.05, 0) is 42.5 Å². The van der Waals surface area contributed by atoms with E-state index in [-0.39, 0.29) is 27.2 Å². The quantitative estimate of drug-likeness (QED) is 0.189. The molecule has 0 atom stereocenters. The van der Waals surface area contributed by atoms with Gasteiger partial charge in [-0.2, -0.15) is 0 Å². The van der Waals surface area contributed by atoms with Gasteiger partial charge in [0.15, 0.2) is 11.6 Å². The smallest absolute Gasteiger partial charge is 0.197 e. The standard InChI is InChI=1S/C24H10Cl2O3S2/c25-16-8-13-14(9-17(16)26)24(28)15(23(13)27)6-12-7-21-22(30-12)10-20(31-21)19-5-11-3-1-2-4-18(11)29-19/h1-10H. The highest BCUT2D eigenvalue weighted by atomic mass is 35.5. The molecule has 0 bridgehead atoms. The van der Waals surface area contributed by atoms with Crippen molar-refractivity contribution in [3.8, 4) is 10.6 Å². The number of hydrogen-bond donors (Lipinski definition) is 0. The number of fused-ring (bicyclic) bond motifs is 3. The second-order valence-electron chi connectivity index (χ2n) is 7.16. The van der Waals surface area contributed by atoms with Gasteiger partial charge < -0.3 is 4.42 Å². The first-order chi connectivity index (χ1) is 15.0. The zero-order valence-electron chi connectivity index (χ0n) is 15.6. The van der Waals surface area contributed by atoms with Crippen molar-refractivity contribution in [3.05, 3.63) is 86.2 Å². The minimum absolute atomic E-state index is 0.139. The molecule has 7 heteroatoms. The first-order valence-electron chi connectivity index (χ1n) is 9.30. The molecule has 1 aliphatic rings. The Kier molecular flexibility index (Phi) is 4.24. The number of para-hydroxylation sites is 1. The third kappa shape index (κ3) is 3.00.